The summed E-state index contributed by atoms with van der Waals surface area (Å²) in [6.07, 6.45) is 5.40. The zero-order valence-corrected chi connectivity index (χ0v) is 12.6. The minimum atomic E-state index is 0.165. The van der Waals surface area contributed by atoms with Crippen LogP contribution in [-0.2, 0) is 6.54 Å². The summed E-state index contributed by atoms with van der Waals surface area (Å²) in [6.45, 7) is 1.48. The Bertz CT molecular complexity index is 595. The maximum atomic E-state index is 9.19. The second kappa shape index (κ2) is 6.60. The van der Waals surface area contributed by atoms with Crippen molar-refractivity contribution in [1.29, 1.82) is 0 Å². The lowest BCUT2D eigenvalue weighted by Gasteiger charge is -2.36. The minimum Gasteiger partial charge on any atom is -0.439 e. The summed E-state index contributed by atoms with van der Waals surface area (Å²) in [7, 11) is 0. The number of oxazole rings is 1. The molecule has 1 aromatic carbocycles. The van der Waals surface area contributed by atoms with Gasteiger partial charge in [-0.05, 0) is 25.0 Å². The lowest BCUT2D eigenvalue weighted by atomic mass is 9.91. The van der Waals surface area contributed by atoms with Crippen LogP contribution < -0.4 is 0 Å². The Kier molecular flexibility index (Phi) is 4.58. The van der Waals surface area contributed by atoms with Crippen molar-refractivity contribution in [2.24, 2.45) is 0 Å². The van der Waals surface area contributed by atoms with Gasteiger partial charge in [0, 0.05) is 23.2 Å². The number of rotatable bonds is 6. The van der Waals surface area contributed by atoms with Crippen molar-refractivity contribution in [3.8, 4) is 11.3 Å². The van der Waals surface area contributed by atoms with Crippen LogP contribution in [-0.4, -0.2) is 34.2 Å². The normalized spacial score (nSPS) is 15.4. The van der Waals surface area contributed by atoms with Crippen molar-refractivity contribution in [3.05, 3.63) is 41.4 Å². The topological polar surface area (TPSA) is 49.5 Å². The molecule has 0 radical (unpaired) electrons. The third kappa shape index (κ3) is 3.46. The van der Waals surface area contributed by atoms with E-state index in [1.54, 1.807) is 6.20 Å². The molecule has 1 fully saturated rings. The number of aliphatic hydroxyl groups excluding tert-OH is 1. The molecule has 112 valence electrons. The molecule has 3 rings (SSSR count). The van der Waals surface area contributed by atoms with Gasteiger partial charge in [0.25, 0.3) is 0 Å². The van der Waals surface area contributed by atoms with Crippen LogP contribution in [0.3, 0.4) is 0 Å². The van der Waals surface area contributed by atoms with Gasteiger partial charge in [-0.25, -0.2) is 4.98 Å². The van der Waals surface area contributed by atoms with Gasteiger partial charge in [-0.3, -0.25) is 4.90 Å². The smallest absolute Gasteiger partial charge is 0.209 e. The van der Waals surface area contributed by atoms with Gasteiger partial charge < -0.3 is 9.52 Å². The van der Waals surface area contributed by atoms with Crippen molar-refractivity contribution in [2.75, 3.05) is 13.2 Å². The quantitative estimate of drug-likeness (QED) is 0.889. The van der Waals surface area contributed by atoms with Crippen LogP contribution in [0.2, 0.25) is 5.02 Å². The first kappa shape index (κ1) is 14.6. The second-order valence-electron chi connectivity index (χ2n) is 5.41. The predicted octanol–water partition coefficient (Wildman–Crippen LogP) is 3.34. The van der Waals surface area contributed by atoms with Gasteiger partial charge in [-0.15, -0.1) is 0 Å². The van der Waals surface area contributed by atoms with E-state index in [0.717, 1.165) is 11.3 Å². The Morgan fingerprint density at radius 3 is 2.90 bits per heavy atom. The van der Waals surface area contributed by atoms with Gasteiger partial charge in [0.15, 0.2) is 5.76 Å². The van der Waals surface area contributed by atoms with Crippen molar-refractivity contribution in [3.63, 3.8) is 0 Å². The summed E-state index contributed by atoms with van der Waals surface area (Å²) in [5.74, 6) is 1.41. The first-order valence-electron chi connectivity index (χ1n) is 7.32. The highest BCUT2D eigenvalue weighted by Gasteiger charge is 2.25. The fourth-order valence-corrected chi connectivity index (χ4v) is 2.79. The van der Waals surface area contributed by atoms with Gasteiger partial charge in [0.05, 0.1) is 19.3 Å². The highest BCUT2D eigenvalue weighted by atomic mass is 35.5. The van der Waals surface area contributed by atoms with Crippen LogP contribution in [0.25, 0.3) is 11.3 Å². The number of hydrogen-bond donors (Lipinski definition) is 1. The first-order valence-corrected chi connectivity index (χ1v) is 7.69. The molecule has 1 aliphatic rings. The van der Waals surface area contributed by atoms with Crippen LogP contribution in [0, 0.1) is 0 Å². The standard InChI is InChI=1S/C16H19ClN2O2/c17-13-4-1-3-12(9-13)15-10-18-16(21-15)11-19(7-8-20)14-5-2-6-14/h1,3-4,9-10,14,20H,2,5-8,11H2. The Labute approximate surface area is 129 Å². The van der Waals surface area contributed by atoms with E-state index in [-0.39, 0.29) is 6.61 Å². The van der Waals surface area contributed by atoms with Crippen molar-refractivity contribution < 1.29 is 9.52 Å². The maximum absolute atomic E-state index is 9.19. The summed E-state index contributed by atoms with van der Waals surface area (Å²) in [5.41, 5.74) is 0.929. The third-order valence-electron chi connectivity index (χ3n) is 3.98. The second-order valence-corrected chi connectivity index (χ2v) is 5.84. The number of hydrogen-bond acceptors (Lipinski definition) is 4. The third-order valence-corrected chi connectivity index (χ3v) is 4.21. The molecule has 0 atom stereocenters. The molecular formula is C16H19ClN2O2. The molecule has 2 aromatic rings. The average molecular weight is 307 g/mol. The molecular weight excluding hydrogens is 288 g/mol. The monoisotopic (exact) mass is 306 g/mol. The van der Waals surface area contributed by atoms with Crippen LogP contribution in [0.4, 0.5) is 0 Å². The molecule has 1 heterocycles. The van der Waals surface area contributed by atoms with E-state index in [1.807, 2.05) is 24.3 Å². The van der Waals surface area contributed by atoms with Crippen LogP contribution in [0.5, 0.6) is 0 Å². The maximum Gasteiger partial charge on any atom is 0.209 e. The lowest BCUT2D eigenvalue weighted by molar-refractivity contribution is 0.0863. The molecule has 4 nitrogen and oxygen atoms in total. The fourth-order valence-electron chi connectivity index (χ4n) is 2.60. The molecule has 0 spiro atoms. The number of aromatic nitrogens is 1. The van der Waals surface area contributed by atoms with Crippen molar-refractivity contribution in [2.45, 2.75) is 31.8 Å². The Morgan fingerprint density at radius 1 is 1.38 bits per heavy atom. The zero-order valence-electron chi connectivity index (χ0n) is 11.8. The summed E-state index contributed by atoms with van der Waals surface area (Å²) in [5, 5.41) is 9.87. The zero-order chi connectivity index (χ0) is 14.7. The van der Waals surface area contributed by atoms with Gasteiger partial charge >= 0.3 is 0 Å². The number of nitrogens with zero attached hydrogens (tertiary/aromatic N) is 2. The van der Waals surface area contributed by atoms with Crippen LogP contribution in [0.1, 0.15) is 25.2 Å². The summed E-state index contributed by atoms with van der Waals surface area (Å²) in [4.78, 5) is 6.60. The molecule has 0 saturated heterocycles. The molecule has 0 amide bonds. The van der Waals surface area contributed by atoms with Gasteiger partial charge in [-0.1, -0.05) is 30.2 Å². The molecule has 0 bridgehead atoms. The minimum absolute atomic E-state index is 0.165. The van der Waals surface area contributed by atoms with E-state index in [9.17, 15) is 5.11 Å². The summed E-state index contributed by atoms with van der Waals surface area (Å²) >= 11 is 6.00. The molecule has 5 heteroatoms. The summed E-state index contributed by atoms with van der Waals surface area (Å²) < 4.78 is 5.83. The molecule has 1 aromatic heterocycles. The molecule has 1 N–H and O–H groups in total. The van der Waals surface area contributed by atoms with Gasteiger partial charge in [-0.2, -0.15) is 0 Å². The number of benzene rings is 1. The van der Waals surface area contributed by atoms with E-state index < -0.39 is 0 Å². The molecule has 1 saturated carbocycles. The first-order chi connectivity index (χ1) is 10.3. The van der Waals surface area contributed by atoms with Crippen LogP contribution >= 0.6 is 11.6 Å². The largest absolute Gasteiger partial charge is 0.439 e. The Hall–Kier alpha value is -1.36. The Morgan fingerprint density at radius 2 is 2.24 bits per heavy atom. The molecule has 21 heavy (non-hydrogen) atoms. The fraction of sp³-hybridized carbons (Fsp3) is 0.438. The molecule has 0 unspecified atom stereocenters. The van der Waals surface area contributed by atoms with Gasteiger partial charge in [0.1, 0.15) is 0 Å². The molecule has 0 aliphatic heterocycles. The highest BCUT2D eigenvalue weighted by molar-refractivity contribution is 6.30. The van der Waals surface area contributed by atoms with E-state index in [4.69, 9.17) is 16.0 Å². The number of halogens is 1. The van der Waals surface area contributed by atoms with Crippen molar-refractivity contribution >= 4 is 11.6 Å². The predicted molar refractivity (Wildman–Crippen MR) is 82.1 cm³/mol. The molecule has 1 aliphatic carbocycles. The Balaban J connectivity index is 1.71. The average Bonchev–Trinajstić information content (AvgIpc) is 2.85. The van der Waals surface area contributed by atoms with E-state index in [0.29, 0.717) is 30.0 Å². The highest BCUT2D eigenvalue weighted by Crippen LogP contribution is 2.27. The van der Waals surface area contributed by atoms with E-state index >= 15 is 0 Å². The van der Waals surface area contributed by atoms with E-state index in [2.05, 4.69) is 9.88 Å². The summed E-state index contributed by atoms with van der Waals surface area (Å²) in [6, 6.07) is 8.10. The van der Waals surface area contributed by atoms with Gasteiger partial charge in [0.2, 0.25) is 5.89 Å². The number of aliphatic hydroxyl groups is 1. The SMILES string of the molecule is OCCN(Cc1ncc(-c2cccc(Cl)c2)o1)C1CCC1. The van der Waals surface area contributed by atoms with Crippen LogP contribution in [0.15, 0.2) is 34.9 Å². The van der Waals surface area contributed by atoms with Crippen molar-refractivity contribution in [1.82, 2.24) is 9.88 Å². The van der Waals surface area contributed by atoms with E-state index in [1.165, 1.54) is 19.3 Å². The lowest BCUT2D eigenvalue weighted by Crippen LogP contribution is -2.41.